The van der Waals surface area contributed by atoms with E-state index in [2.05, 4.69) is 0 Å². The molecule has 1 aliphatic heterocycles. The zero-order chi connectivity index (χ0) is 15.1. The van der Waals surface area contributed by atoms with Crippen LogP contribution in [0.3, 0.4) is 0 Å². The summed E-state index contributed by atoms with van der Waals surface area (Å²) in [6.07, 6.45) is 0. The first-order valence-corrected chi connectivity index (χ1v) is 8.27. The largest absolute Gasteiger partial charge is 0.303 e. The molecule has 0 unspecified atom stereocenters. The number of rotatable bonds is 4. The van der Waals surface area contributed by atoms with Gasteiger partial charge in [0.05, 0.1) is 17.0 Å². The predicted octanol–water partition coefficient (Wildman–Crippen LogP) is 1.27. The maximum atomic E-state index is 12.0. The summed E-state index contributed by atoms with van der Waals surface area (Å²) in [5.41, 5.74) is 2.65. The third kappa shape index (κ3) is 2.47. The summed E-state index contributed by atoms with van der Waals surface area (Å²) in [6.45, 7) is 5.26. The van der Waals surface area contributed by atoms with Gasteiger partial charge in [0.1, 0.15) is 0 Å². The molecule has 0 fully saturated rings. The van der Waals surface area contributed by atoms with E-state index < -0.39 is 21.5 Å². The van der Waals surface area contributed by atoms with E-state index in [-0.39, 0.29) is 18.1 Å². The molecule has 0 bridgehead atoms. The molecule has 0 aromatic heterocycles. The Kier molecular flexibility index (Phi) is 3.69. The minimum Gasteiger partial charge on any atom is -0.303 e. The van der Waals surface area contributed by atoms with E-state index in [1.54, 1.807) is 13.0 Å². The van der Waals surface area contributed by atoms with Crippen LogP contribution in [-0.2, 0) is 14.6 Å². The molecule has 0 atom stereocenters. The van der Waals surface area contributed by atoms with Crippen LogP contribution >= 0.6 is 0 Å². The molecule has 20 heavy (non-hydrogen) atoms. The number of amides is 1. The molecule has 1 amide bonds. The lowest BCUT2D eigenvalue weighted by Gasteiger charge is -2.18. The number of carbonyl (C=O) groups excluding carboxylic acids is 2. The van der Waals surface area contributed by atoms with Crippen molar-refractivity contribution in [2.24, 2.45) is 0 Å². The fourth-order valence-corrected chi connectivity index (χ4v) is 3.17. The van der Waals surface area contributed by atoms with Crippen molar-refractivity contribution >= 4 is 27.2 Å². The number of Topliss-reactive ketones (excluding diaryl/α,β-unsaturated/α-hetero) is 1. The SMILES string of the molecule is CCS(=O)(=O)CCN1C(=O)C(=O)c2cc(C)cc(C)c21. The second-order valence-electron chi connectivity index (χ2n) is 5.00. The van der Waals surface area contributed by atoms with E-state index in [0.717, 1.165) is 11.1 Å². The van der Waals surface area contributed by atoms with Crippen LogP contribution in [0.15, 0.2) is 12.1 Å². The van der Waals surface area contributed by atoms with Gasteiger partial charge in [0, 0.05) is 12.3 Å². The zero-order valence-corrected chi connectivity index (χ0v) is 12.6. The first kappa shape index (κ1) is 14.7. The van der Waals surface area contributed by atoms with Gasteiger partial charge in [-0.3, -0.25) is 9.59 Å². The number of aryl methyl sites for hydroxylation is 2. The van der Waals surface area contributed by atoms with Gasteiger partial charge in [0.2, 0.25) is 0 Å². The lowest BCUT2D eigenvalue weighted by Crippen LogP contribution is -2.34. The summed E-state index contributed by atoms with van der Waals surface area (Å²) in [5.74, 6) is -1.29. The van der Waals surface area contributed by atoms with Gasteiger partial charge >= 0.3 is 0 Å². The van der Waals surface area contributed by atoms with Crippen molar-refractivity contribution in [3.8, 4) is 0 Å². The minimum absolute atomic E-state index is 0.0254. The average molecular weight is 295 g/mol. The normalized spacial score (nSPS) is 14.8. The maximum absolute atomic E-state index is 12.0. The van der Waals surface area contributed by atoms with Crippen LogP contribution in [0.25, 0.3) is 0 Å². The second-order valence-corrected chi connectivity index (χ2v) is 7.47. The molecule has 1 aliphatic rings. The number of nitrogens with zero attached hydrogens (tertiary/aromatic N) is 1. The number of fused-ring (bicyclic) bond motifs is 1. The van der Waals surface area contributed by atoms with Gasteiger partial charge in [-0.1, -0.05) is 13.0 Å². The summed E-state index contributed by atoms with van der Waals surface area (Å²) in [4.78, 5) is 25.3. The van der Waals surface area contributed by atoms with Crippen LogP contribution in [0.4, 0.5) is 5.69 Å². The number of hydrogen-bond donors (Lipinski definition) is 0. The first-order valence-electron chi connectivity index (χ1n) is 6.44. The van der Waals surface area contributed by atoms with Crippen LogP contribution in [0.5, 0.6) is 0 Å². The predicted molar refractivity (Wildman–Crippen MR) is 76.9 cm³/mol. The third-order valence-electron chi connectivity index (χ3n) is 3.46. The Labute approximate surface area is 118 Å². The lowest BCUT2D eigenvalue weighted by atomic mass is 10.0. The van der Waals surface area contributed by atoms with Crippen molar-refractivity contribution < 1.29 is 18.0 Å². The number of anilines is 1. The zero-order valence-electron chi connectivity index (χ0n) is 11.8. The molecule has 5 nitrogen and oxygen atoms in total. The quantitative estimate of drug-likeness (QED) is 0.784. The Balaban J connectivity index is 2.39. The molecule has 1 heterocycles. The molecule has 1 aromatic carbocycles. The topological polar surface area (TPSA) is 71.5 Å². The number of hydrogen-bond acceptors (Lipinski definition) is 4. The van der Waals surface area contributed by atoms with Crippen molar-refractivity contribution in [1.82, 2.24) is 0 Å². The number of sulfone groups is 1. The Morgan fingerprint density at radius 3 is 2.40 bits per heavy atom. The minimum atomic E-state index is -3.18. The van der Waals surface area contributed by atoms with Gasteiger partial charge < -0.3 is 4.90 Å². The van der Waals surface area contributed by atoms with Crippen molar-refractivity contribution in [3.05, 3.63) is 28.8 Å². The fraction of sp³-hybridized carbons (Fsp3) is 0.429. The average Bonchev–Trinajstić information content (AvgIpc) is 2.61. The van der Waals surface area contributed by atoms with Crippen LogP contribution < -0.4 is 4.90 Å². The monoisotopic (exact) mass is 295 g/mol. The molecule has 6 heteroatoms. The van der Waals surface area contributed by atoms with Crippen LogP contribution in [0.2, 0.25) is 0 Å². The van der Waals surface area contributed by atoms with Gasteiger partial charge in [0.15, 0.2) is 9.84 Å². The molecule has 0 aliphatic carbocycles. The molecule has 0 saturated carbocycles. The fourth-order valence-electron chi connectivity index (χ4n) is 2.42. The second kappa shape index (κ2) is 5.01. The summed E-state index contributed by atoms with van der Waals surface area (Å²) in [5, 5.41) is 0. The Morgan fingerprint density at radius 1 is 1.15 bits per heavy atom. The first-order chi connectivity index (χ1) is 9.26. The van der Waals surface area contributed by atoms with Gasteiger partial charge in [-0.15, -0.1) is 0 Å². The van der Waals surface area contributed by atoms with Gasteiger partial charge in [-0.2, -0.15) is 0 Å². The number of carbonyl (C=O) groups is 2. The highest BCUT2D eigenvalue weighted by molar-refractivity contribution is 7.91. The van der Waals surface area contributed by atoms with Crippen molar-refractivity contribution in [1.29, 1.82) is 0 Å². The standard InChI is InChI=1S/C14H17NO4S/c1-4-20(18,19)6-5-15-12-10(3)7-9(2)8-11(12)13(16)14(15)17/h7-8H,4-6H2,1-3H3. The van der Waals surface area contributed by atoms with Gasteiger partial charge in [-0.05, 0) is 31.0 Å². The summed E-state index contributed by atoms with van der Waals surface area (Å²) in [7, 11) is -3.18. The Morgan fingerprint density at radius 2 is 1.80 bits per heavy atom. The highest BCUT2D eigenvalue weighted by Gasteiger charge is 2.37. The highest BCUT2D eigenvalue weighted by Crippen LogP contribution is 2.33. The van der Waals surface area contributed by atoms with Gasteiger partial charge in [-0.25, -0.2) is 8.42 Å². The summed E-state index contributed by atoms with van der Waals surface area (Å²) in [6, 6.07) is 3.56. The molecule has 0 saturated heterocycles. The Bertz CT molecular complexity index is 691. The van der Waals surface area contributed by atoms with Crippen LogP contribution in [0.1, 0.15) is 28.4 Å². The highest BCUT2D eigenvalue weighted by atomic mass is 32.2. The van der Waals surface area contributed by atoms with E-state index in [4.69, 9.17) is 0 Å². The molecule has 108 valence electrons. The smallest absolute Gasteiger partial charge is 0.299 e. The molecule has 1 aromatic rings. The molecular weight excluding hydrogens is 278 g/mol. The van der Waals surface area contributed by atoms with E-state index in [0.29, 0.717) is 11.3 Å². The molecule has 0 N–H and O–H groups in total. The van der Waals surface area contributed by atoms with Crippen molar-refractivity contribution in [3.63, 3.8) is 0 Å². The van der Waals surface area contributed by atoms with Crippen LogP contribution in [0, 0.1) is 13.8 Å². The molecule has 0 radical (unpaired) electrons. The maximum Gasteiger partial charge on any atom is 0.299 e. The number of ketones is 1. The molecule has 2 rings (SSSR count). The third-order valence-corrected chi connectivity index (χ3v) is 5.15. The van der Waals surface area contributed by atoms with E-state index in [1.165, 1.54) is 4.90 Å². The van der Waals surface area contributed by atoms with E-state index in [9.17, 15) is 18.0 Å². The Hall–Kier alpha value is -1.69. The van der Waals surface area contributed by atoms with Crippen LogP contribution in [-0.4, -0.2) is 38.2 Å². The van der Waals surface area contributed by atoms with E-state index >= 15 is 0 Å². The van der Waals surface area contributed by atoms with Gasteiger partial charge in [0.25, 0.3) is 11.7 Å². The summed E-state index contributed by atoms with van der Waals surface area (Å²) < 4.78 is 23.1. The van der Waals surface area contributed by atoms with E-state index in [1.807, 2.05) is 19.9 Å². The lowest BCUT2D eigenvalue weighted by molar-refractivity contribution is -0.114. The van der Waals surface area contributed by atoms with Crippen molar-refractivity contribution in [2.75, 3.05) is 23.0 Å². The summed E-state index contributed by atoms with van der Waals surface area (Å²) >= 11 is 0. The van der Waals surface area contributed by atoms with Crippen molar-refractivity contribution in [2.45, 2.75) is 20.8 Å². The molecular formula is C14H17NO4S. The number of benzene rings is 1. The molecule has 0 spiro atoms.